The van der Waals surface area contributed by atoms with Gasteiger partial charge in [0.05, 0.1) is 6.54 Å². The Bertz CT molecular complexity index is 621. The maximum Gasteiger partial charge on any atom is 0.137 e. The molecule has 0 amide bonds. The van der Waals surface area contributed by atoms with E-state index < -0.39 is 5.60 Å². The van der Waals surface area contributed by atoms with Crippen LogP contribution in [0.1, 0.15) is 18.9 Å². The maximum atomic E-state index is 11.3. The van der Waals surface area contributed by atoms with Crippen molar-refractivity contribution < 1.29 is 5.11 Å². The summed E-state index contributed by atoms with van der Waals surface area (Å²) in [5, 5.41) is 16.0. The van der Waals surface area contributed by atoms with Crippen molar-refractivity contribution in [2.45, 2.75) is 25.5 Å². The number of rotatable bonds is 5. The highest BCUT2D eigenvalue weighted by molar-refractivity contribution is 6.30. The van der Waals surface area contributed by atoms with E-state index in [4.69, 9.17) is 11.6 Å². The summed E-state index contributed by atoms with van der Waals surface area (Å²) in [6.45, 7) is 2.41. The van der Waals surface area contributed by atoms with Crippen LogP contribution in [-0.2, 0) is 12.1 Å². The van der Waals surface area contributed by atoms with Crippen molar-refractivity contribution in [3.05, 3.63) is 59.2 Å². The Balaban J connectivity index is 1.97. The molecule has 4 nitrogen and oxygen atoms in total. The van der Waals surface area contributed by atoms with E-state index in [9.17, 15) is 5.11 Å². The number of aromatic nitrogens is 3. The van der Waals surface area contributed by atoms with Crippen LogP contribution in [0.5, 0.6) is 0 Å². The minimum Gasteiger partial charge on any atom is -0.383 e. The summed E-state index contributed by atoms with van der Waals surface area (Å²) >= 11 is 5.94. The van der Waals surface area contributed by atoms with Crippen LogP contribution >= 0.6 is 11.6 Å². The Morgan fingerprint density at radius 1 is 1.40 bits per heavy atom. The molecule has 0 fully saturated rings. The van der Waals surface area contributed by atoms with Crippen LogP contribution in [-0.4, -0.2) is 19.9 Å². The van der Waals surface area contributed by atoms with Crippen LogP contribution in [0.15, 0.2) is 48.6 Å². The Kier molecular flexibility index (Phi) is 3.36. The Hall–Kier alpha value is -1.65. The van der Waals surface area contributed by atoms with Gasteiger partial charge in [0, 0.05) is 10.9 Å². The zero-order valence-electron chi connectivity index (χ0n) is 11.2. The number of nitrogens with zero attached hydrogens (tertiary/aromatic N) is 3. The SMILES string of the molecule is CC(C1=CC1)C(O)(Cn1cncn1)c1ccc(Cl)cc1. The van der Waals surface area contributed by atoms with Gasteiger partial charge in [0.15, 0.2) is 0 Å². The van der Waals surface area contributed by atoms with E-state index in [0.717, 1.165) is 12.0 Å². The maximum absolute atomic E-state index is 11.3. The standard InChI is InChI=1S/C15H16ClN3O/c1-11(12-2-3-12)15(20,8-19-10-17-9-18-19)13-4-6-14(16)7-5-13/h2,4-7,9-11,20H,3,8H2,1H3. The first kappa shape index (κ1) is 13.3. The number of allylic oxidation sites excluding steroid dienone is 1. The average molecular weight is 290 g/mol. The molecule has 5 heteroatoms. The number of hydrogen-bond donors (Lipinski definition) is 1. The van der Waals surface area contributed by atoms with Crippen LogP contribution in [0.2, 0.25) is 5.02 Å². The summed E-state index contributed by atoms with van der Waals surface area (Å²) in [6, 6.07) is 7.35. The Labute approximate surface area is 122 Å². The highest BCUT2D eigenvalue weighted by Gasteiger charge is 2.40. The van der Waals surface area contributed by atoms with Crippen molar-refractivity contribution in [1.29, 1.82) is 0 Å². The third kappa shape index (κ3) is 2.49. The molecule has 3 rings (SSSR count). The fourth-order valence-electron chi connectivity index (χ4n) is 2.50. The molecule has 0 bridgehead atoms. The second-order valence-electron chi connectivity index (χ2n) is 5.23. The minimum absolute atomic E-state index is 0.0351. The largest absolute Gasteiger partial charge is 0.383 e. The second-order valence-corrected chi connectivity index (χ2v) is 5.67. The summed E-state index contributed by atoms with van der Waals surface area (Å²) < 4.78 is 1.66. The summed E-state index contributed by atoms with van der Waals surface area (Å²) in [4.78, 5) is 3.94. The molecule has 2 aromatic rings. The lowest BCUT2D eigenvalue weighted by molar-refractivity contribution is -0.0217. The van der Waals surface area contributed by atoms with Gasteiger partial charge in [-0.25, -0.2) is 9.67 Å². The smallest absolute Gasteiger partial charge is 0.137 e. The van der Waals surface area contributed by atoms with E-state index >= 15 is 0 Å². The van der Waals surface area contributed by atoms with Crippen LogP contribution in [0, 0.1) is 5.92 Å². The summed E-state index contributed by atoms with van der Waals surface area (Å²) in [6.07, 6.45) is 6.22. The van der Waals surface area contributed by atoms with E-state index in [1.54, 1.807) is 23.1 Å². The van der Waals surface area contributed by atoms with E-state index in [1.807, 2.05) is 19.1 Å². The van der Waals surface area contributed by atoms with Crippen molar-refractivity contribution in [3.8, 4) is 0 Å². The Morgan fingerprint density at radius 3 is 2.65 bits per heavy atom. The first-order valence-corrected chi connectivity index (χ1v) is 6.97. The fraction of sp³-hybridized carbons (Fsp3) is 0.333. The first-order valence-electron chi connectivity index (χ1n) is 6.59. The summed E-state index contributed by atoms with van der Waals surface area (Å²) in [5.74, 6) is 0.0351. The summed E-state index contributed by atoms with van der Waals surface area (Å²) in [5.41, 5.74) is 1.11. The lowest BCUT2D eigenvalue weighted by atomic mass is 9.80. The minimum atomic E-state index is -1.01. The molecule has 1 aliphatic carbocycles. The summed E-state index contributed by atoms with van der Waals surface area (Å²) in [7, 11) is 0. The van der Waals surface area contributed by atoms with Gasteiger partial charge in [-0.3, -0.25) is 0 Å². The van der Waals surface area contributed by atoms with Gasteiger partial charge in [0.1, 0.15) is 18.3 Å². The third-order valence-electron chi connectivity index (χ3n) is 3.93. The highest BCUT2D eigenvalue weighted by atomic mass is 35.5. The molecule has 1 aromatic carbocycles. The quantitative estimate of drug-likeness (QED) is 0.861. The lowest BCUT2D eigenvalue weighted by Crippen LogP contribution is -2.38. The van der Waals surface area contributed by atoms with Gasteiger partial charge in [-0.2, -0.15) is 5.10 Å². The van der Waals surface area contributed by atoms with Gasteiger partial charge in [-0.1, -0.05) is 42.3 Å². The van der Waals surface area contributed by atoms with Gasteiger partial charge in [-0.05, 0) is 24.1 Å². The van der Waals surface area contributed by atoms with Crippen LogP contribution in [0.25, 0.3) is 0 Å². The van der Waals surface area contributed by atoms with Crippen molar-refractivity contribution in [3.63, 3.8) is 0 Å². The molecule has 0 radical (unpaired) electrons. The Morgan fingerprint density at radius 2 is 2.10 bits per heavy atom. The topological polar surface area (TPSA) is 50.9 Å². The second kappa shape index (κ2) is 5.04. The predicted octanol–water partition coefficient (Wildman–Crippen LogP) is 2.79. The van der Waals surface area contributed by atoms with E-state index in [1.165, 1.54) is 11.9 Å². The molecule has 1 heterocycles. The number of aliphatic hydroxyl groups is 1. The monoisotopic (exact) mass is 289 g/mol. The molecule has 0 saturated heterocycles. The molecular formula is C15H16ClN3O. The number of halogens is 1. The van der Waals surface area contributed by atoms with Gasteiger partial charge < -0.3 is 5.11 Å². The normalized spacial score (nSPS) is 18.2. The molecule has 0 spiro atoms. The van der Waals surface area contributed by atoms with Gasteiger partial charge in [-0.15, -0.1) is 0 Å². The molecule has 20 heavy (non-hydrogen) atoms. The van der Waals surface area contributed by atoms with Crippen molar-refractivity contribution in [1.82, 2.24) is 14.8 Å². The van der Waals surface area contributed by atoms with E-state index in [-0.39, 0.29) is 5.92 Å². The molecule has 2 atom stereocenters. The number of benzene rings is 1. The number of hydrogen-bond acceptors (Lipinski definition) is 3. The van der Waals surface area contributed by atoms with Gasteiger partial charge >= 0.3 is 0 Å². The zero-order valence-corrected chi connectivity index (χ0v) is 12.0. The molecule has 0 saturated carbocycles. The molecule has 104 valence electrons. The zero-order chi connectivity index (χ0) is 14.2. The third-order valence-corrected chi connectivity index (χ3v) is 4.18. The van der Waals surface area contributed by atoms with Crippen LogP contribution in [0.4, 0.5) is 0 Å². The average Bonchev–Trinajstić information content (AvgIpc) is 3.17. The van der Waals surface area contributed by atoms with E-state index in [2.05, 4.69) is 16.2 Å². The van der Waals surface area contributed by atoms with Crippen molar-refractivity contribution in [2.24, 2.45) is 5.92 Å². The van der Waals surface area contributed by atoms with Crippen LogP contribution < -0.4 is 0 Å². The van der Waals surface area contributed by atoms with Crippen molar-refractivity contribution in [2.75, 3.05) is 0 Å². The highest BCUT2D eigenvalue weighted by Crippen LogP contribution is 2.41. The van der Waals surface area contributed by atoms with Gasteiger partial charge in [0.2, 0.25) is 0 Å². The van der Waals surface area contributed by atoms with Gasteiger partial charge in [0.25, 0.3) is 0 Å². The fourth-order valence-corrected chi connectivity index (χ4v) is 2.62. The molecular weight excluding hydrogens is 274 g/mol. The predicted molar refractivity (Wildman–Crippen MR) is 77.2 cm³/mol. The van der Waals surface area contributed by atoms with Crippen molar-refractivity contribution >= 4 is 11.6 Å². The molecule has 1 aromatic heterocycles. The molecule has 0 aliphatic heterocycles. The molecule has 1 aliphatic rings. The molecule has 2 unspecified atom stereocenters. The van der Waals surface area contributed by atoms with E-state index in [0.29, 0.717) is 11.6 Å². The molecule has 1 N–H and O–H groups in total. The first-order chi connectivity index (χ1) is 9.59. The lowest BCUT2D eigenvalue weighted by Gasteiger charge is -2.34. The van der Waals surface area contributed by atoms with Crippen LogP contribution in [0.3, 0.4) is 0 Å².